The lowest BCUT2D eigenvalue weighted by atomic mass is 9.62. The van der Waals surface area contributed by atoms with Gasteiger partial charge in [-0.25, -0.2) is 0 Å². The molecule has 0 aromatic rings. The van der Waals surface area contributed by atoms with E-state index < -0.39 is 5.72 Å². The Balaban J connectivity index is 1.97. The van der Waals surface area contributed by atoms with E-state index in [1.807, 2.05) is 11.9 Å². The van der Waals surface area contributed by atoms with Crippen molar-refractivity contribution in [3.05, 3.63) is 0 Å². The van der Waals surface area contributed by atoms with Gasteiger partial charge in [-0.15, -0.1) is 0 Å². The molecule has 1 heterocycles. The van der Waals surface area contributed by atoms with Crippen molar-refractivity contribution in [1.82, 2.24) is 10.2 Å². The molecule has 1 spiro atoms. The maximum Gasteiger partial charge on any atom is 0.171 e. The zero-order valence-corrected chi connectivity index (χ0v) is 12.1. The molecule has 0 bridgehead atoms. The predicted molar refractivity (Wildman–Crippen MR) is 76.2 cm³/mol. The first-order chi connectivity index (χ1) is 8.58. The van der Waals surface area contributed by atoms with Crippen molar-refractivity contribution in [2.45, 2.75) is 69.1 Å². The molecule has 3 nitrogen and oxygen atoms in total. The summed E-state index contributed by atoms with van der Waals surface area (Å²) >= 11 is 5.48. The summed E-state index contributed by atoms with van der Waals surface area (Å²) in [5.41, 5.74) is -0.616. The highest BCUT2D eigenvalue weighted by molar-refractivity contribution is 7.80. The summed E-state index contributed by atoms with van der Waals surface area (Å²) in [6.07, 6.45) is 10.6. The Bertz CT molecular complexity index is 354. The molecule has 2 N–H and O–H groups in total. The molecule has 0 radical (unpaired) electrons. The second kappa shape index (κ2) is 4.34. The van der Waals surface area contributed by atoms with Crippen LogP contribution in [0.1, 0.15) is 57.8 Å². The van der Waals surface area contributed by atoms with E-state index in [4.69, 9.17) is 12.2 Å². The second-order valence-electron chi connectivity index (χ2n) is 6.38. The molecule has 3 fully saturated rings. The van der Waals surface area contributed by atoms with E-state index >= 15 is 0 Å². The number of nitrogens with zero attached hydrogens (tertiary/aromatic N) is 1. The van der Waals surface area contributed by atoms with Gasteiger partial charge in [-0.3, -0.25) is 0 Å². The van der Waals surface area contributed by atoms with E-state index in [9.17, 15) is 5.11 Å². The van der Waals surface area contributed by atoms with Crippen molar-refractivity contribution in [1.29, 1.82) is 0 Å². The second-order valence-corrected chi connectivity index (χ2v) is 6.77. The van der Waals surface area contributed by atoms with Gasteiger partial charge in [0.25, 0.3) is 0 Å². The Kier molecular flexibility index (Phi) is 3.06. The molecule has 1 saturated heterocycles. The van der Waals surface area contributed by atoms with Crippen molar-refractivity contribution in [2.75, 3.05) is 7.05 Å². The van der Waals surface area contributed by atoms with Crippen molar-refractivity contribution in [3.8, 4) is 0 Å². The highest BCUT2D eigenvalue weighted by atomic mass is 32.1. The molecule has 102 valence electrons. The fourth-order valence-corrected chi connectivity index (χ4v) is 4.84. The quantitative estimate of drug-likeness (QED) is 0.661. The fourth-order valence-electron chi connectivity index (χ4n) is 4.48. The molecule has 1 aliphatic heterocycles. The Labute approximate surface area is 115 Å². The maximum absolute atomic E-state index is 11.1. The number of hydrogen-bond donors (Lipinski definition) is 2. The number of rotatable bonds is 0. The molecule has 0 unspecified atom stereocenters. The van der Waals surface area contributed by atoms with Crippen LogP contribution in [-0.4, -0.2) is 33.4 Å². The highest BCUT2D eigenvalue weighted by Crippen LogP contribution is 2.49. The Hall–Kier alpha value is -0.350. The molecule has 0 aromatic heterocycles. The standard InChI is InChI=1S/C14H24N2OS/c1-16-12(18)15-13(8-4-2-5-9-13)11-7-3-6-10-14(11,16)17/h11,17H,2-10H2,1H3,(H,15,18)/t11-,14+/m1/s1. The lowest BCUT2D eigenvalue weighted by molar-refractivity contribution is -0.173. The number of aliphatic hydroxyl groups is 1. The van der Waals surface area contributed by atoms with Gasteiger partial charge < -0.3 is 15.3 Å². The summed E-state index contributed by atoms with van der Waals surface area (Å²) in [4.78, 5) is 1.92. The number of nitrogens with one attached hydrogen (secondary N) is 1. The van der Waals surface area contributed by atoms with Gasteiger partial charge in [-0.1, -0.05) is 25.7 Å². The normalized spacial score (nSPS) is 39.3. The van der Waals surface area contributed by atoms with Crippen molar-refractivity contribution >= 4 is 17.3 Å². The SMILES string of the molecule is CN1C(=S)NC2(CCCCC2)[C@H]2CCCC[C@]21O. The first-order valence-corrected chi connectivity index (χ1v) is 7.78. The molecule has 2 atom stereocenters. The summed E-state index contributed by atoms with van der Waals surface area (Å²) < 4.78 is 0. The Morgan fingerprint density at radius 2 is 1.83 bits per heavy atom. The molecule has 4 heteroatoms. The van der Waals surface area contributed by atoms with Gasteiger partial charge in [0.15, 0.2) is 5.11 Å². The van der Waals surface area contributed by atoms with E-state index in [0.717, 1.165) is 24.4 Å². The van der Waals surface area contributed by atoms with Gasteiger partial charge in [0.05, 0.1) is 0 Å². The predicted octanol–water partition coefficient (Wildman–Crippen LogP) is 2.39. The van der Waals surface area contributed by atoms with E-state index in [1.165, 1.54) is 38.5 Å². The number of hydrogen-bond acceptors (Lipinski definition) is 2. The molecule has 18 heavy (non-hydrogen) atoms. The summed E-state index contributed by atoms with van der Waals surface area (Å²) in [6.45, 7) is 0. The van der Waals surface area contributed by atoms with E-state index in [2.05, 4.69) is 5.32 Å². The fraction of sp³-hybridized carbons (Fsp3) is 0.929. The van der Waals surface area contributed by atoms with Gasteiger partial charge in [-0.05, 0) is 44.3 Å². The topological polar surface area (TPSA) is 35.5 Å². The average molecular weight is 268 g/mol. The Morgan fingerprint density at radius 3 is 2.56 bits per heavy atom. The minimum Gasteiger partial charge on any atom is -0.370 e. The van der Waals surface area contributed by atoms with Gasteiger partial charge >= 0.3 is 0 Å². The molecular weight excluding hydrogens is 244 g/mol. The Morgan fingerprint density at radius 1 is 1.17 bits per heavy atom. The summed E-state index contributed by atoms with van der Waals surface area (Å²) in [5, 5.41) is 15.5. The van der Waals surface area contributed by atoms with E-state index in [1.54, 1.807) is 0 Å². The smallest absolute Gasteiger partial charge is 0.171 e. The van der Waals surface area contributed by atoms with Gasteiger partial charge in [0.2, 0.25) is 0 Å². The average Bonchev–Trinajstić information content (AvgIpc) is 2.38. The van der Waals surface area contributed by atoms with Crippen LogP contribution in [0.4, 0.5) is 0 Å². The van der Waals surface area contributed by atoms with Gasteiger partial charge in [0, 0.05) is 18.5 Å². The van der Waals surface area contributed by atoms with E-state index in [0.29, 0.717) is 5.92 Å². The molecule has 2 aliphatic carbocycles. The van der Waals surface area contributed by atoms with Crippen LogP contribution in [-0.2, 0) is 0 Å². The largest absolute Gasteiger partial charge is 0.370 e. The van der Waals surface area contributed by atoms with Crippen LogP contribution in [0, 0.1) is 5.92 Å². The third-order valence-corrected chi connectivity index (χ3v) is 5.88. The van der Waals surface area contributed by atoms with Gasteiger partial charge in [-0.2, -0.15) is 0 Å². The summed E-state index contributed by atoms with van der Waals surface area (Å²) in [7, 11) is 1.95. The summed E-state index contributed by atoms with van der Waals surface area (Å²) in [5.74, 6) is 0.343. The third kappa shape index (κ3) is 1.68. The minimum atomic E-state index is -0.697. The first kappa shape index (κ1) is 12.7. The van der Waals surface area contributed by atoms with Crippen LogP contribution in [0.5, 0.6) is 0 Å². The minimum absolute atomic E-state index is 0.0804. The highest BCUT2D eigenvalue weighted by Gasteiger charge is 2.57. The van der Waals surface area contributed by atoms with Crippen LogP contribution in [0.3, 0.4) is 0 Å². The third-order valence-electron chi connectivity index (χ3n) is 5.50. The van der Waals surface area contributed by atoms with Crippen LogP contribution >= 0.6 is 12.2 Å². The van der Waals surface area contributed by atoms with Crippen LogP contribution in [0.25, 0.3) is 0 Å². The number of fused-ring (bicyclic) bond motifs is 2. The van der Waals surface area contributed by atoms with Crippen molar-refractivity contribution in [3.63, 3.8) is 0 Å². The molecule has 3 aliphatic rings. The summed E-state index contributed by atoms with van der Waals surface area (Å²) in [6, 6.07) is 0. The zero-order chi connectivity index (χ0) is 12.8. The van der Waals surface area contributed by atoms with Crippen molar-refractivity contribution in [2.24, 2.45) is 5.92 Å². The van der Waals surface area contributed by atoms with Crippen molar-refractivity contribution < 1.29 is 5.11 Å². The lowest BCUT2D eigenvalue weighted by Crippen LogP contribution is -2.74. The van der Waals surface area contributed by atoms with Gasteiger partial charge in [0.1, 0.15) is 5.72 Å². The maximum atomic E-state index is 11.1. The zero-order valence-electron chi connectivity index (χ0n) is 11.2. The first-order valence-electron chi connectivity index (χ1n) is 7.37. The molecule has 2 saturated carbocycles. The van der Waals surface area contributed by atoms with Crippen LogP contribution in [0.2, 0.25) is 0 Å². The van der Waals surface area contributed by atoms with E-state index in [-0.39, 0.29) is 5.54 Å². The molecular formula is C14H24N2OS. The molecule has 0 aromatic carbocycles. The monoisotopic (exact) mass is 268 g/mol. The molecule has 3 rings (SSSR count). The van der Waals surface area contributed by atoms with Crippen LogP contribution in [0.15, 0.2) is 0 Å². The number of thiocarbonyl (C=S) groups is 1. The lowest BCUT2D eigenvalue weighted by Gasteiger charge is -2.60. The molecule has 0 amide bonds. The van der Waals surface area contributed by atoms with Crippen LogP contribution < -0.4 is 5.32 Å².